The number of aryl methyl sites for hydroxylation is 1. The van der Waals surface area contributed by atoms with Gasteiger partial charge in [-0.2, -0.15) is 0 Å². The molecule has 0 saturated heterocycles. The normalized spacial score (nSPS) is 14.8. The van der Waals surface area contributed by atoms with Crippen LogP contribution in [0.5, 0.6) is 0 Å². The first-order valence-corrected chi connectivity index (χ1v) is 5.03. The smallest absolute Gasteiger partial charge is 0.126 e. The molecule has 0 heterocycles. The minimum absolute atomic E-state index is 0.0885. The molecule has 0 bridgehead atoms. The fourth-order valence-electron chi connectivity index (χ4n) is 1.34. The third-order valence-corrected chi connectivity index (χ3v) is 2.23. The van der Waals surface area contributed by atoms with Crippen LogP contribution < -0.4 is 0 Å². The second-order valence-electron chi connectivity index (χ2n) is 3.28. The molecule has 1 saturated carbocycles. The van der Waals surface area contributed by atoms with Gasteiger partial charge >= 0.3 is 0 Å². The summed E-state index contributed by atoms with van der Waals surface area (Å²) in [7, 11) is 0. The first-order chi connectivity index (χ1) is 6.27. The molecule has 1 fully saturated rings. The summed E-state index contributed by atoms with van der Waals surface area (Å²) in [6.45, 7) is 5.82. The van der Waals surface area contributed by atoms with Gasteiger partial charge in [0.25, 0.3) is 0 Å². The third kappa shape index (κ3) is 2.55. The van der Waals surface area contributed by atoms with Gasteiger partial charge in [0, 0.05) is 0 Å². The van der Waals surface area contributed by atoms with Gasteiger partial charge in [-0.1, -0.05) is 26.0 Å². The molecule has 1 aliphatic carbocycles. The summed E-state index contributed by atoms with van der Waals surface area (Å²) in [5, 5.41) is 0. The van der Waals surface area contributed by atoms with Crippen molar-refractivity contribution in [1.29, 1.82) is 0 Å². The predicted molar refractivity (Wildman–Crippen MR) is 54.5 cm³/mol. The van der Waals surface area contributed by atoms with E-state index in [1.165, 1.54) is 18.4 Å². The molecule has 0 nitrogen and oxygen atoms in total. The molecule has 0 radical (unpaired) electrons. The van der Waals surface area contributed by atoms with Crippen molar-refractivity contribution >= 4 is 0 Å². The topological polar surface area (TPSA) is 0 Å². The van der Waals surface area contributed by atoms with Crippen molar-refractivity contribution in [1.82, 2.24) is 0 Å². The maximum absolute atomic E-state index is 12.8. The Bertz CT molecular complexity index is 274. The minimum Gasteiger partial charge on any atom is -0.207 e. The van der Waals surface area contributed by atoms with Gasteiger partial charge in [0.1, 0.15) is 5.82 Å². The maximum Gasteiger partial charge on any atom is 0.126 e. The van der Waals surface area contributed by atoms with Crippen molar-refractivity contribution in [2.24, 2.45) is 0 Å². The van der Waals surface area contributed by atoms with E-state index in [0.29, 0.717) is 0 Å². The monoisotopic (exact) mass is 180 g/mol. The van der Waals surface area contributed by atoms with Crippen LogP contribution in [0.1, 0.15) is 43.7 Å². The van der Waals surface area contributed by atoms with Gasteiger partial charge in [-0.25, -0.2) is 4.39 Å². The Labute approximate surface area is 79.8 Å². The predicted octanol–water partition coefficient (Wildman–Crippen LogP) is 4.04. The van der Waals surface area contributed by atoms with Crippen molar-refractivity contribution in [2.45, 2.75) is 39.5 Å². The van der Waals surface area contributed by atoms with E-state index in [4.69, 9.17) is 0 Å². The summed E-state index contributed by atoms with van der Waals surface area (Å²) in [6.07, 6.45) is 2.57. The number of benzene rings is 1. The van der Waals surface area contributed by atoms with Gasteiger partial charge in [-0.15, -0.1) is 0 Å². The van der Waals surface area contributed by atoms with Crippen LogP contribution in [-0.4, -0.2) is 0 Å². The molecular formula is C12H17F. The van der Waals surface area contributed by atoms with Crippen LogP contribution in [0.2, 0.25) is 0 Å². The molecule has 0 unspecified atom stereocenters. The van der Waals surface area contributed by atoms with E-state index in [-0.39, 0.29) is 5.82 Å². The van der Waals surface area contributed by atoms with Crippen molar-refractivity contribution in [3.8, 4) is 0 Å². The second-order valence-corrected chi connectivity index (χ2v) is 3.28. The molecule has 0 amide bonds. The standard InChI is InChI=1S/C10H11F.C2H6/c1-7-6-9(8-2-3-8)4-5-10(7)11;1-2/h4-6,8H,2-3H2,1H3;1-2H3. The highest BCUT2D eigenvalue weighted by atomic mass is 19.1. The van der Waals surface area contributed by atoms with E-state index >= 15 is 0 Å². The molecule has 1 aromatic rings. The molecule has 0 atom stereocenters. The van der Waals surface area contributed by atoms with E-state index in [1.54, 1.807) is 6.07 Å². The quantitative estimate of drug-likeness (QED) is 0.612. The Balaban J connectivity index is 0.000000396. The molecular weight excluding hydrogens is 163 g/mol. The molecule has 2 rings (SSSR count). The van der Waals surface area contributed by atoms with Gasteiger partial charge < -0.3 is 0 Å². The minimum atomic E-state index is -0.0885. The first kappa shape index (κ1) is 10.2. The summed E-state index contributed by atoms with van der Waals surface area (Å²) in [5.41, 5.74) is 2.08. The van der Waals surface area contributed by atoms with Crippen molar-refractivity contribution < 1.29 is 4.39 Å². The fourth-order valence-corrected chi connectivity index (χ4v) is 1.34. The fraction of sp³-hybridized carbons (Fsp3) is 0.500. The molecule has 1 aromatic carbocycles. The number of halogens is 1. The van der Waals surface area contributed by atoms with Crippen LogP contribution in [0.3, 0.4) is 0 Å². The molecule has 0 aliphatic heterocycles. The average molecular weight is 180 g/mol. The molecule has 1 heteroatoms. The van der Waals surface area contributed by atoms with E-state index in [2.05, 4.69) is 0 Å². The number of rotatable bonds is 1. The summed E-state index contributed by atoms with van der Waals surface area (Å²) < 4.78 is 12.8. The van der Waals surface area contributed by atoms with E-state index in [1.807, 2.05) is 32.9 Å². The number of hydrogen-bond acceptors (Lipinski definition) is 0. The molecule has 72 valence electrons. The highest BCUT2D eigenvalue weighted by molar-refractivity contribution is 5.29. The molecule has 0 aromatic heterocycles. The number of hydrogen-bond donors (Lipinski definition) is 0. The Morgan fingerprint density at radius 1 is 1.23 bits per heavy atom. The SMILES string of the molecule is CC.Cc1cc(C2CC2)ccc1F. The van der Waals surface area contributed by atoms with E-state index < -0.39 is 0 Å². The van der Waals surface area contributed by atoms with E-state index in [0.717, 1.165) is 11.5 Å². The lowest BCUT2D eigenvalue weighted by Gasteiger charge is -1.99. The lowest BCUT2D eigenvalue weighted by Crippen LogP contribution is -1.85. The highest BCUT2D eigenvalue weighted by Crippen LogP contribution is 2.40. The molecule has 0 spiro atoms. The zero-order valence-corrected chi connectivity index (χ0v) is 8.60. The maximum atomic E-state index is 12.8. The largest absolute Gasteiger partial charge is 0.207 e. The Morgan fingerprint density at radius 3 is 2.31 bits per heavy atom. The van der Waals surface area contributed by atoms with Crippen molar-refractivity contribution in [2.75, 3.05) is 0 Å². The zero-order valence-electron chi connectivity index (χ0n) is 8.60. The van der Waals surface area contributed by atoms with Crippen molar-refractivity contribution in [3.05, 3.63) is 35.1 Å². The lowest BCUT2D eigenvalue weighted by atomic mass is 10.1. The highest BCUT2D eigenvalue weighted by Gasteiger charge is 2.23. The van der Waals surface area contributed by atoms with Gasteiger partial charge in [-0.05, 0) is 42.9 Å². The van der Waals surface area contributed by atoms with Crippen LogP contribution in [0.15, 0.2) is 18.2 Å². The Morgan fingerprint density at radius 2 is 1.85 bits per heavy atom. The first-order valence-electron chi connectivity index (χ1n) is 5.03. The van der Waals surface area contributed by atoms with Crippen LogP contribution in [0.4, 0.5) is 4.39 Å². The molecule has 1 aliphatic rings. The summed E-state index contributed by atoms with van der Waals surface area (Å²) in [5.74, 6) is 0.642. The van der Waals surface area contributed by atoms with Crippen LogP contribution in [-0.2, 0) is 0 Å². The second kappa shape index (κ2) is 4.40. The summed E-state index contributed by atoms with van der Waals surface area (Å²) >= 11 is 0. The summed E-state index contributed by atoms with van der Waals surface area (Å²) in [6, 6.07) is 5.44. The van der Waals surface area contributed by atoms with E-state index in [9.17, 15) is 4.39 Å². The van der Waals surface area contributed by atoms with Crippen LogP contribution in [0, 0.1) is 12.7 Å². The Hall–Kier alpha value is -0.850. The van der Waals surface area contributed by atoms with Gasteiger partial charge in [0.2, 0.25) is 0 Å². The van der Waals surface area contributed by atoms with Crippen LogP contribution >= 0.6 is 0 Å². The Kier molecular flexibility index (Phi) is 3.47. The molecule has 13 heavy (non-hydrogen) atoms. The molecule has 0 N–H and O–H groups in total. The lowest BCUT2D eigenvalue weighted by molar-refractivity contribution is 0.617. The average Bonchev–Trinajstić information content (AvgIpc) is 2.96. The van der Waals surface area contributed by atoms with Gasteiger partial charge in [-0.3, -0.25) is 0 Å². The van der Waals surface area contributed by atoms with Crippen molar-refractivity contribution in [3.63, 3.8) is 0 Å². The van der Waals surface area contributed by atoms with Gasteiger partial charge in [0.05, 0.1) is 0 Å². The summed E-state index contributed by atoms with van der Waals surface area (Å²) in [4.78, 5) is 0. The van der Waals surface area contributed by atoms with Crippen LogP contribution in [0.25, 0.3) is 0 Å². The van der Waals surface area contributed by atoms with Gasteiger partial charge in [0.15, 0.2) is 0 Å². The third-order valence-electron chi connectivity index (χ3n) is 2.23. The zero-order chi connectivity index (χ0) is 9.84.